The number of hydrogen-bond donors (Lipinski definition) is 0. The molecule has 0 aliphatic rings. The normalized spacial score (nSPS) is 11.3. The van der Waals surface area contributed by atoms with Gasteiger partial charge in [0.1, 0.15) is 0 Å². The molecular weight excluding hydrogens is 253 g/mol. The van der Waals surface area contributed by atoms with E-state index in [-0.39, 0.29) is 0 Å². The van der Waals surface area contributed by atoms with E-state index in [1.807, 2.05) is 0 Å². The fourth-order valence-electron chi connectivity index (χ4n) is 2.27. The fraction of sp³-hybridized carbons (Fsp3) is 0.200. The third-order valence-electron chi connectivity index (χ3n) is 3.10. The number of hydrogen-bond acceptors (Lipinski definition) is 0. The second-order valence-corrected chi connectivity index (χ2v) is 6.38. The Morgan fingerprint density at radius 2 is 1.42 bits per heavy atom. The van der Waals surface area contributed by atoms with Crippen LogP contribution in [0.15, 0.2) is 67.4 Å². The van der Waals surface area contributed by atoms with Crippen molar-refractivity contribution in [1.82, 2.24) is 13.0 Å². The Balaban J connectivity index is 2.07. The van der Waals surface area contributed by atoms with Crippen LogP contribution in [0.5, 0.6) is 0 Å². The van der Waals surface area contributed by atoms with Gasteiger partial charge in [-0.05, 0) is 42.8 Å². The zero-order valence-corrected chi connectivity index (χ0v) is 11.9. The molecule has 0 saturated carbocycles. The van der Waals surface area contributed by atoms with Crippen molar-refractivity contribution in [2.45, 2.75) is 19.8 Å². The Bertz CT molecular complexity index is 573. The standard InChI is InChI=1S/C15H18N3P/c1-2-8-15-9-7-14-18(15)19(16-10-3-4-11-16)17-12-5-6-13-17/h3-7,9-14H,2,8H2,1H3. The van der Waals surface area contributed by atoms with Gasteiger partial charge in [0.15, 0.2) is 0 Å². The first kappa shape index (κ1) is 12.3. The van der Waals surface area contributed by atoms with Crippen molar-refractivity contribution in [3.63, 3.8) is 0 Å². The van der Waals surface area contributed by atoms with E-state index in [1.54, 1.807) is 0 Å². The van der Waals surface area contributed by atoms with Crippen molar-refractivity contribution >= 4 is 8.37 Å². The average molecular weight is 271 g/mol. The minimum absolute atomic E-state index is 0.617. The van der Waals surface area contributed by atoms with Crippen LogP contribution in [0.4, 0.5) is 0 Å². The molecule has 0 bridgehead atoms. The molecule has 3 aromatic rings. The second kappa shape index (κ2) is 5.50. The number of aryl methyl sites for hydroxylation is 1. The Kier molecular flexibility index (Phi) is 3.56. The molecule has 0 aliphatic heterocycles. The lowest BCUT2D eigenvalue weighted by Crippen LogP contribution is -2.08. The lowest BCUT2D eigenvalue weighted by Gasteiger charge is -2.23. The zero-order valence-electron chi connectivity index (χ0n) is 11.1. The van der Waals surface area contributed by atoms with Crippen LogP contribution in [0.25, 0.3) is 0 Å². The molecule has 0 saturated heterocycles. The molecule has 0 amide bonds. The Hall–Kier alpha value is -1.73. The minimum Gasteiger partial charge on any atom is -0.299 e. The number of nitrogens with zero attached hydrogens (tertiary/aromatic N) is 3. The zero-order chi connectivity index (χ0) is 13.1. The highest BCUT2D eigenvalue weighted by Crippen LogP contribution is 2.42. The number of aromatic nitrogens is 3. The quantitative estimate of drug-likeness (QED) is 0.617. The molecule has 0 atom stereocenters. The summed E-state index contributed by atoms with van der Waals surface area (Å²) in [5.74, 6) is 0. The maximum absolute atomic E-state index is 2.40. The van der Waals surface area contributed by atoms with Crippen LogP contribution in [0.3, 0.4) is 0 Å². The maximum atomic E-state index is 2.40. The third kappa shape index (κ3) is 2.39. The molecule has 0 N–H and O–H groups in total. The van der Waals surface area contributed by atoms with Crippen LogP contribution in [0.1, 0.15) is 19.0 Å². The van der Waals surface area contributed by atoms with Crippen molar-refractivity contribution in [3.05, 3.63) is 73.1 Å². The van der Waals surface area contributed by atoms with E-state index < -0.39 is 8.37 Å². The highest BCUT2D eigenvalue weighted by atomic mass is 31.1. The van der Waals surface area contributed by atoms with Crippen LogP contribution in [-0.2, 0) is 6.42 Å². The van der Waals surface area contributed by atoms with Gasteiger partial charge in [0.25, 0.3) is 0 Å². The molecule has 0 aliphatic carbocycles. The van der Waals surface area contributed by atoms with Crippen LogP contribution < -0.4 is 0 Å². The van der Waals surface area contributed by atoms with Crippen LogP contribution in [-0.4, -0.2) is 13.0 Å². The lowest BCUT2D eigenvalue weighted by atomic mass is 10.3. The Morgan fingerprint density at radius 3 is 1.95 bits per heavy atom. The molecule has 4 heteroatoms. The van der Waals surface area contributed by atoms with Crippen molar-refractivity contribution in [2.24, 2.45) is 0 Å². The van der Waals surface area contributed by atoms with Gasteiger partial charge in [-0.25, -0.2) is 0 Å². The van der Waals surface area contributed by atoms with Gasteiger partial charge in [-0.3, -0.25) is 13.0 Å². The van der Waals surface area contributed by atoms with Gasteiger partial charge in [-0.2, -0.15) is 0 Å². The van der Waals surface area contributed by atoms with Crippen molar-refractivity contribution in [1.29, 1.82) is 0 Å². The summed E-state index contributed by atoms with van der Waals surface area (Å²) in [7, 11) is -0.617. The molecule has 19 heavy (non-hydrogen) atoms. The first-order chi connectivity index (χ1) is 9.40. The van der Waals surface area contributed by atoms with E-state index in [9.17, 15) is 0 Å². The molecule has 0 aromatic carbocycles. The van der Waals surface area contributed by atoms with Crippen LogP contribution >= 0.6 is 8.37 Å². The van der Waals surface area contributed by atoms with Gasteiger partial charge in [-0.1, -0.05) is 13.3 Å². The Labute approximate surface area is 115 Å². The van der Waals surface area contributed by atoms with Crippen molar-refractivity contribution in [2.75, 3.05) is 0 Å². The molecule has 3 heterocycles. The molecule has 98 valence electrons. The monoisotopic (exact) mass is 271 g/mol. The summed E-state index contributed by atoms with van der Waals surface area (Å²) in [6, 6.07) is 12.7. The average Bonchev–Trinajstić information content (AvgIpc) is 3.14. The van der Waals surface area contributed by atoms with Gasteiger partial charge >= 0.3 is 0 Å². The van der Waals surface area contributed by atoms with E-state index >= 15 is 0 Å². The second-order valence-electron chi connectivity index (χ2n) is 4.49. The predicted molar refractivity (Wildman–Crippen MR) is 80.4 cm³/mol. The van der Waals surface area contributed by atoms with E-state index in [2.05, 4.69) is 87.3 Å². The van der Waals surface area contributed by atoms with Gasteiger partial charge in [0.2, 0.25) is 8.37 Å². The molecule has 3 rings (SSSR count). The summed E-state index contributed by atoms with van der Waals surface area (Å²) in [5.41, 5.74) is 1.40. The number of rotatable bonds is 5. The molecule has 0 spiro atoms. The van der Waals surface area contributed by atoms with E-state index in [0.29, 0.717) is 0 Å². The van der Waals surface area contributed by atoms with Crippen molar-refractivity contribution in [3.8, 4) is 0 Å². The van der Waals surface area contributed by atoms with Gasteiger partial charge in [-0.15, -0.1) is 0 Å². The minimum atomic E-state index is -0.617. The first-order valence-electron chi connectivity index (χ1n) is 6.63. The van der Waals surface area contributed by atoms with Gasteiger partial charge < -0.3 is 0 Å². The van der Waals surface area contributed by atoms with Gasteiger partial charge in [0.05, 0.1) is 0 Å². The molecule has 0 fully saturated rings. The smallest absolute Gasteiger partial charge is 0.220 e. The maximum Gasteiger partial charge on any atom is 0.220 e. The molecule has 0 unspecified atom stereocenters. The largest absolute Gasteiger partial charge is 0.299 e. The highest BCUT2D eigenvalue weighted by molar-refractivity contribution is 7.52. The third-order valence-corrected chi connectivity index (χ3v) is 5.23. The molecule has 0 radical (unpaired) electrons. The van der Waals surface area contributed by atoms with E-state index in [4.69, 9.17) is 0 Å². The Morgan fingerprint density at radius 1 is 0.842 bits per heavy atom. The lowest BCUT2D eigenvalue weighted by molar-refractivity contribution is 0.863. The predicted octanol–water partition coefficient (Wildman–Crippen LogP) is 4.22. The van der Waals surface area contributed by atoms with Crippen molar-refractivity contribution < 1.29 is 0 Å². The molecular formula is C15H18N3P. The molecule has 3 aromatic heterocycles. The summed E-state index contributed by atoms with van der Waals surface area (Å²) in [5, 5.41) is 0. The van der Waals surface area contributed by atoms with Gasteiger partial charge in [0, 0.05) is 36.7 Å². The summed E-state index contributed by atoms with van der Waals surface area (Å²) in [6.07, 6.45) is 13.0. The summed E-state index contributed by atoms with van der Waals surface area (Å²) in [4.78, 5) is 0. The summed E-state index contributed by atoms with van der Waals surface area (Å²) < 4.78 is 6.97. The highest BCUT2D eigenvalue weighted by Gasteiger charge is 2.16. The summed E-state index contributed by atoms with van der Waals surface area (Å²) in [6.45, 7) is 2.23. The topological polar surface area (TPSA) is 14.8 Å². The van der Waals surface area contributed by atoms with E-state index in [0.717, 1.165) is 6.42 Å². The fourth-order valence-corrected chi connectivity index (χ4v) is 4.33. The summed E-state index contributed by atoms with van der Waals surface area (Å²) >= 11 is 0. The van der Waals surface area contributed by atoms with Crippen LogP contribution in [0.2, 0.25) is 0 Å². The van der Waals surface area contributed by atoms with E-state index in [1.165, 1.54) is 12.1 Å². The van der Waals surface area contributed by atoms with Crippen LogP contribution in [0, 0.1) is 0 Å². The first-order valence-corrected chi connectivity index (χ1v) is 7.83. The SMILES string of the molecule is CCCc1cccn1P(n1cccc1)n1cccc1. The molecule has 3 nitrogen and oxygen atoms in total.